The fourth-order valence-corrected chi connectivity index (χ4v) is 3.09. The molecule has 0 aliphatic rings. The molecule has 0 radical (unpaired) electrons. The van der Waals surface area contributed by atoms with Gasteiger partial charge in [-0.25, -0.2) is 0 Å². The smallest absolute Gasteiger partial charge is 0.129 e. The van der Waals surface area contributed by atoms with Crippen LogP contribution in [0, 0.1) is 0 Å². The number of aromatic amines is 1. The third-order valence-electron chi connectivity index (χ3n) is 3.89. The molecule has 0 atom stereocenters. The summed E-state index contributed by atoms with van der Waals surface area (Å²) in [5.41, 5.74) is 3.57. The van der Waals surface area contributed by atoms with Crippen LogP contribution in [0.15, 0.2) is 53.1 Å². The van der Waals surface area contributed by atoms with Crippen molar-refractivity contribution in [2.45, 2.75) is 13.0 Å². The first-order valence-electron chi connectivity index (χ1n) is 7.75. The van der Waals surface area contributed by atoms with E-state index >= 15 is 0 Å². The summed E-state index contributed by atoms with van der Waals surface area (Å²) in [5.74, 6) is 0.932. The van der Waals surface area contributed by atoms with Crippen LogP contribution >= 0.6 is 15.9 Å². The molecule has 0 aliphatic heterocycles. The normalized spacial score (nSPS) is 11.3. The highest BCUT2D eigenvalue weighted by molar-refractivity contribution is 9.10. The number of benzene rings is 2. The van der Waals surface area contributed by atoms with Gasteiger partial charge in [0.2, 0.25) is 0 Å². The molecule has 4 heteroatoms. The molecule has 0 fully saturated rings. The molecule has 0 saturated heterocycles. The zero-order chi connectivity index (χ0) is 16.2. The van der Waals surface area contributed by atoms with Crippen LogP contribution < -0.4 is 4.74 Å². The quantitative estimate of drug-likeness (QED) is 0.683. The van der Waals surface area contributed by atoms with Crippen molar-refractivity contribution in [2.75, 3.05) is 20.6 Å². The van der Waals surface area contributed by atoms with Crippen molar-refractivity contribution in [3.8, 4) is 5.75 Å². The summed E-state index contributed by atoms with van der Waals surface area (Å²) in [6.07, 6.45) is 3.08. The molecule has 2 aromatic carbocycles. The minimum Gasteiger partial charge on any atom is -0.488 e. The lowest BCUT2D eigenvalue weighted by Gasteiger charge is -2.12. The monoisotopic (exact) mass is 372 g/mol. The number of likely N-dealkylation sites (N-methyl/N-ethyl adjacent to an activating group) is 1. The minimum absolute atomic E-state index is 0.579. The molecule has 3 rings (SSSR count). The van der Waals surface area contributed by atoms with Crippen molar-refractivity contribution < 1.29 is 4.74 Å². The van der Waals surface area contributed by atoms with Gasteiger partial charge in [0.05, 0.1) is 5.52 Å². The first-order chi connectivity index (χ1) is 11.1. The predicted molar refractivity (Wildman–Crippen MR) is 99.0 cm³/mol. The van der Waals surface area contributed by atoms with Crippen LogP contribution in [0.4, 0.5) is 0 Å². The molecular formula is C19H21BrN2O. The van der Waals surface area contributed by atoms with Crippen LogP contribution in [0.25, 0.3) is 10.9 Å². The molecule has 1 N–H and O–H groups in total. The highest BCUT2D eigenvalue weighted by Gasteiger charge is 2.13. The Kier molecular flexibility index (Phi) is 5.03. The van der Waals surface area contributed by atoms with Crippen molar-refractivity contribution in [1.29, 1.82) is 0 Å². The Morgan fingerprint density at radius 2 is 1.87 bits per heavy atom. The van der Waals surface area contributed by atoms with E-state index in [4.69, 9.17) is 4.74 Å². The summed E-state index contributed by atoms with van der Waals surface area (Å²) in [7, 11) is 4.19. The maximum absolute atomic E-state index is 6.11. The maximum atomic E-state index is 6.11. The fraction of sp³-hybridized carbons (Fsp3) is 0.263. The molecule has 3 nitrogen and oxygen atoms in total. The molecule has 3 aromatic rings. The maximum Gasteiger partial charge on any atom is 0.129 e. The number of fused-ring (bicyclic) bond motifs is 1. The summed E-state index contributed by atoms with van der Waals surface area (Å²) < 4.78 is 7.18. The number of hydrogen-bond donors (Lipinski definition) is 1. The number of aromatic nitrogens is 1. The molecule has 0 spiro atoms. The van der Waals surface area contributed by atoms with E-state index in [9.17, 15) is 0 Å². The van der Waals surface area contributed by atoms with Crippen LogP contribution in [0.1, 0.15) is 11.1 Å². The highest BCUT2D eigenvalue weighted by atomic mass is 79.9. The second kappa shape index (κ2) is 7.20. The lowest BCUT2D eigenvalue weighted by molar-refractivity contribution is 0.310. The third kappa shape index (κ3) is 3.77. The molecule has 0 bridgehead atoms. The van der Waals surface area contributed by atoms with Gasteiger partial charge in [0.25, 0.3) is 0 Å². The zero-order valence-electron chi connectivity index (χ0n) is 13.5. The molecule has 1 heterocycles. The molecular weight excluding hydrogens is 352 g/mol. The molecule has 0 unspecified atom stereocenters. The summed E-state index contributed by atoms with van der Waals surface area (Å²) >= 11 is 3.62. The first kappa shape index (κ1) is 16.1. The van der Waals surface area contributed by atoms with Crippen LogP contribution in [-0.2, 0) is 13.0 Å². The van der Waals surface area contributed by atoms with Gasteiger partial charge in [-0.1, -0.05) is 30.3 Å². The molecule has 1 aromatic heterocycles. The fourth-order valence-electron chi connectivity index (χ4n) is 2.65. The Morgan fingerprint density at radius 1 is 1.09 bits per heavy atom. The Hall–Kier alpha value is -1.78. The standard InChI is InChI=1S/C19H21BrN2O/c1-22(2)11-10-15-12-21-19-16(20)8-9-17(18(15)19)23-13-14-6-4-3-5-7-14/h3-9,12,21H,10-11,13H2,1-2H3. The Labute approximate surface area is 145 Å². The number of ether oxygens (including phenoxy) is 1. The number of hydrogen-bond acceptors (Lipinski definition) is 2. The van der Waals surface area contributed by atoms with Crippen LogP contribution in [0.3, 0.4) is 0 Å². The van der Waals surface area contributed by atoms with E-state index in [1.165, 1.54) is 16.5 Å². The summed E-state index contributed by atoms with van der Waals surface area (Å²) in [4.78, 5) is 5.57. The predicted octanol–water partition coefficient (Wildman–Crippen LogP) is 4.61. The number of rotatable bonds is 6. The molecule has 0 aliphatic carbocycles. The van der Waals surface area contributed by atoms with E-state index in [2.05, 4.69) is 58.2 Å². The third-order valence-corrected chi connectivity index (χ3v) is 4.55. The van der Waals surface area contributed by atoms with Crippen molar-refractivity contribution in [3.63, 3.8) is 0 Å². The Balaban J connectivity index is 1.89. The largest absolute Gasteiger partial charge is 0.488 e. The first-order valence-corrected chi connectivity index (χ1v) is 8.54. The van der Waals surface area contributed by atoms with Crippen LogP contribution in [0.5, 0.6) is 5.75 Å². The summed E-state index contributed by atoms with van der Waals surface area (Å²) in [6, 6.07) is 14.3. The van der Waals surface area contributed by atoms with Gasteiger partial charge in [-0.2, -0.15) is 0 Å². The molecule has 0 amide bonds. The van der Waals surface area contributed by atoms with Gasteiger partial charge < -0.3 is 14.6 Å². The van der Waals surface area contributed by atoms with Crippen molar-refractivity contribution in [1.82, 2.24) is 9.88 Å². The topological polar surface area (TPSA) is 28.3 Å². The second-order valence-corrected chi connectivity index (χ2v) is 6.79. The lowest BCUT2D eigenvalue weighted by atomic mass is 10.1. The second-order valence-electron chi connectivity index (χ2n) is 5.94. The van der Waals surface area contributed by atoms with Gasteiger partial charge in [0, 0.05) is 22.6 Å². The van der Waals surface area contributed by atoms with Gasteiger partial charge in [-0.05, 0) is 59.7 Å². The number of nitrogens with one attached hydrogen (secondary N) is 1. The van der Waals surface area contributed by atoms with E-state index in [0.29, 0.717) is 6.61 Å². The van der Waals surface area contributed by atoms with E-state index < -0.39 is 0 Å². The average Bonchev–Trinajstić information content (AvgIpc) is 2.98. The Morgan fingerprint density at radius 3 is 2.61 bits per heavy atom. The van der Waals surface area contributed by atoms with E-state index in [0.717, 1.165) is 28.7 Å². The van der Waals surface area contributed by atoms with Gasteiger partial charge in [0.15, 0.2) is 0 Å². The average molecular weight is 373 g/mol. The van der Waals surface area contributed by atoms with Gasteiger partial charge in [0.1, 0.15) is 12.4 Å². The van der Waals surface area contributed by atoms with E-state index in [-0.39, 0.29) is 0 Å². The van der Waals surface area contributed by atoms with E-state index in [1.807, 2.05) is 30.3 Å². The SMILES string of the molecule is CN(C)CCc1c[nH]c2c(Br)ccc(OCc3ccccc3)c12. The van der Waals surface area contributed by atoms with Crippen LogP contribution in [-0.4, -0.2) is 30.5 Å². The van der Waals surface area contributed by atoms with Gasteiger partial charge >= 0.3 is 0 Å². The van der Waals surface area contributed by atoms with Crippen molar-refractivity contribution in [2.24, 2.45) is 0 Å². The molecule has 120 valence electrons. The minimum atomic E-state index is 0.579. The number of H-pyrrole nitrogens is 1. The Bertz CT molecular complexity index is 781. The summed E-state index contributed by atoms with van der Waals surface area (Å²) in [6.45, 7) is 1.59. The summed E-state index contributed by atoms with van der Waals surface area (Å²) in [5, 5.41) is 1.18. The number of halogens is 1. The van der Waals surface area contributed by atoms with Crippen molar-refractivity contribution in [3.05, 3.63) is 64.3 Å². The van der Waals surface area contributed by atoms with Gasteiger partial charge in [-0.15, -0.1) is 0 Å². The lowest BCUT2D eigenvalue weighted by Crippen LogP contribution is -2.14. The van der Waals surface area contributed by atoms with E-state index in [1.54, 1.807) is 0 Å². The zero-order valence-corrected chi connectivity index (χ0v) is 15.1. The molecule has 23 heavy (non-hydrogen) atoms. The van der Waals surface area contributed by atoms with Crippen LogP contribution in [0.2, 0.25) is 0 Å². The van der Waals surface area contributed by atoms with Crippen molar-refractivity contribution >= 4 is 26.8 Å². The highest BCUT2D eigenvalue weighted by Crippen LogP contribution is 2.34. The molecule has 0 saturated carbocycles. The van der Waals surface area contributed by atoms with Gasteiger partial charge in [-0.3, -0.25) is 0 Å². The number of nitrogens with zero attached hydrogens (tertiary/aromatic N) is 1.